The van der Waals surface area contributed by atoms with Crippen LogP contribution in [0, 0.1) is 0 Å². The Balaban J connectivity index is 1.16. The molecule has 32 heavy (non-hydrogen) atoms. The molecule has 1 spiro atoms. The van der Waals surface area contributed by atoms with Gasteiger partial charge in [0.15, 0.2) is 0 Å². The molecule has 0 amide bonds. The Morgan fingerprint density at radius 3 is 2.53 bits per heavy atom. The molecule has 7 nitrogen and oxygen atoms in total. The number of likely N-dealkylation sites (tertiary alicyclic amines) is 1. The van der Waals surface area contributed by atoms with Crippen LogP contribution in [-0.4, -0.2) is 73.4 Å². The van der Waals surface area contributed by atoms with Crippen LogP contribution in [0.1, 0.15) is 36.9 Å². The highest BCUT2D eigenvalue weighted by Crippen LogP contribution is 2.45. The van der Waals surface area contributed by atoms with Crippen LogP contribution in [-0.2, 0) is 16.6 Å². The van der Waals surface area contributed by atoms with Gasteiger partial charge in [-0.05, 0) is 57.3 Å². The van der Waals surface area contributed by atoms with Crippen molar-refractivity contribution in [3.63, 3.8) is 0 Å². The van der Waals surface area contributed by atoms with E-state index in [4.69, 9.17) is 9.72 Å². The predicted molar refractivity (Wildman–Crippen MR) is 126 cm³/mol. The van der Waals surface area contributed by atoms with Crippen LogP contribution in [0.2, 0.25) is 0 Å². The van der Waals surface area contributed by atoms with Gasteiger partial charge < -0.3 is 14.5 Å². The van der Waals surface area contributed by atoms with E-state index >= 15 is 0 Å². The van der Waals surface area contributed by atoms with Crippen molar-refractivity contribution in [2.45, 2.75) is 43.6 Å². The molecule has 3 saturated heterocycles. The van der Waals surface area contributed by atoms with Crippen molar-refractivity contribution in [2.24, 2.45) is 0 Å². The van der Waals surface area contributed by atoms with Crippen molar-refractivity contribution < 1.29 is 4.74 Å². The summed E-state index contributed by atoms with van der Waals surface area (Å²) in [6, 6.07) is 11.4. The van der Waals surface area contributed by atoms with Gasteiger partial charge in [-0.25, -0.2) is 4.98 Å². The quantitative estimate of drug-likeness (QED) is 0.797. The first-order valence-electron chi connectivity index (χ1n) is 12.2. The van der Waals surface area contributed by atoms with Crippen molar-refractivity contribution >= 4 is 11.6 Å². The minimum atomic E-state index is 0.0742. The first kappa shape index (κ1) is 20.2. The smallest absolute Gasteiger partial charge is 0.255 e. The highest BCUT2D eigenvalue weighted by Gasteiger charge is 2.45. The summed E-state index contributed by atoms with van der Waals surface area (Å²) in [7, 11) is 0. The molecule has 1 aromatic heterocycles. The number of hydrogen-bond donors (Lipinski definition) is 1. The van der Waals surface area contributed by atoms with Gasteiger partial charge in [-0.3, -0.25) is 14.7 Å². The Hall–Kier alpha value is -2.38. The number of rotatable bonds is 3. The fourth-order valence-corrected chi connectivity index (χ4v) is 6.28. The molecular formula is C25H33N5O2. The lowest BCUT2D eigenvalue weighted by atomic mass is 9.76. The maximum Gasteiger partial charge on any atom is 0.255 e. The summed E-state index contributed by atoms with van der Waals surface area (Å²) in [6.07, 6.45) is 5.39. The van der Waals surface area contributed by atoms with E-state index in [0.29, 0.717) is 19.3 Å². The molecule has 0 saturated carbocycles. The summed E-state index contributed by atoms with van der Waals surface area (Å²) in [5.41, 5.74) is 3.53. The van der Waals surface area contributed by atoms with Gasteiger partial charge in [0, 0.05) is 48.9 Å². The topological polar surface area (TPSA) is 64.7 Å². The first-order chi connectivity index (χ1) is 15.7. The highest BCUT2D eigenvalue weighted by molar-refractivity contribution is 5.47. The molecule has 0 radical (unpaired) electrons. The molecule has 1 unspecified atom stereocenters. The molecule has 3 aliphatic heterocycles. The summed E-state index contributed by atoms with van der Waals surface area (Å²) in [5.74, 6) is 0.745. The van der Waals surface area contributed by atoms with Gasteiger partial charge in [0.2, 0.25) is 5.95 Å². The molecule has 1 aliphatic carbocycles. The molecule has 1 atom stereocenters. The maximum atomic E-state index is 12.9. The van der Waals surface area contributed by atoms with E-state index in [9.17, 15) is 4.79 Å². The Kier molecular flexibility index (Phi) is 5.18. The number of piperidine rings is 1. The Morgan fingerprint density at radius 1 is 0.969 bits per heavy atom. The monoisotopic (exact) mass is 435 g/mol. The first-order valence-corrected chi connectivity index (χ1v) is 12.2. The summed E-state index contributed by atoms with van der Waals surface area (Å²) < 4.78 is 5.48. The van der Waals surface area contributed by atoms with Crippen molar-refractivity contribution in [1.82, 2.24) is 14.9 Å². The fourth-order valence-electron chi connectivity index (χ4n) is 6.28. The van der Waals surface area contributed by atoms with Crippen molar-refractivity contribution in [3.05, 3.63) is 51.9 Å². The normalized spacial score (nSPS) is 25.4. The second kappa shape index (κ2) is 8.19. The summed E-state index contributed by atoms with van der Waals surface area (Å²) in [5, 5.41) is 0. The number of nitrogens with zero attached hydrogens (tertiary/aromatic N) is 4. The lowest BCUT2D eigenvalue weighted by Gasteiger charge is -2.42. The number of para-hydroxylation sites is 1. The predicted octanol–water partition coefficient (Wildman–Crippen LogP) is 2.17. The lowest BCUT2D eigenvalue weighted by Crippen LogP contribution is -2.47. The van der Waals surface area contributed by atoms with Crippen molar-refractivity contribution in [2.75, 3.05) is 62.3 Å². The number of hydrogen-bond acceptors (Lipinski definition) is 6. The third-order valence-corrected chi connectivity index (χ3v) is 8.23. The molecule has 1 aromatic carbocycles. The number of fused-ring (bicyclic) bond motifs is 2. The van der Waals surface area contributed by atoms with Gasteiger partial charge in [0.25, 0.3) is 5.56 Å². The molecular weight excluding hydrogens is 402 g/mol. The van der Waals surface area contributed by atoms with E-state index in [-0.39, 0.29) is 11.0 Å². The van der Waals surface area contributed by atoms with E-state index in [0.717, 1.165) is 82.2 Å². The second-order valence-electron chi connectivity index (χ2n) is 9.86. The molecule has 170 valence electrons. The standard InChI is InChI=1S/C25H33N5O2/c31-23-21-6-8-25(22(21)26-24(27-23)29-14-16-32-17-15-29)9-12-28(13-10-25)20-7-11-30(18-20)19-4-2-1-3-5-19/h1-5,20H,6-18H2,(H,26,27,31). The van der Waals surface area contributed by atoms with Gasteiger partial charge >= 0.3 is 0 Å². The van der Waals surface area contributed by atoms with Crippen LogP contribution in [0.4, 0.5) is 11.6 Å². The number of ether oxygens (including phenoxy) is 1. The largest absolute Gasteiger partial charge is 0.378 e. The zero-order valence-electron chi connectivity index (χ0n) is 18.8. The number of aromatic amines is 1. The van der Waals surface area contributed by atoms with Crippen LogP contribution in [0.5, 0.6) is 0 Å². The zero-order chi connectivity index (χ0) is 21.5. The molecule has 4 heterocycles. The van der Waals surface area contributed by atoms with E-state index < -0.39 is 0 Å². The molecule has 4 aliphatic rings. The number of morpholine rings is 1. The Bertz CT molecular complexity index is 1010. The summed E-state index contributed by atoms with van der Waals surface area (Å²) in [4.78, 5) is 28.4. The molecule has 7 heteroatoms. The molecule has 2 aromatic rings. The number of H-pyrrole nitrogens is 1. The van der Waals surface area contributed by atoms with Gasteiger partial charge in [0.1, 0.15) is 0 Å². The minimum absolute atomic E-state index is 0.0742. The van der Waals surface area contributed by atoms with Crippen LogP contribution in [0.3, 0.4) is 0 Å². The Labute approximate surface area is 189 Å². The second-order valence-corrected chi connectivity index (χ2v) is 9.86. The van der Waals surface area contributed by atoms with Gasteiger partial charge in [-0.1, -0.05) is 18.2 Å². The summed E-state index contributed by atoms with van der Waals surface area (Å²) >= 11 is 0. The zero-order valence-corrected chi connectivity index (χ0v) is 18.8. The minimum Gasteiger partial charge on any atom is -0.378 e. The average molecular weight is 436 g/mol. The van der Waals surface area contributed by atoms with Crippen molar-refractivity contribution in [3.8, 4) is 0 Å². The van der Waals surface area contributed by atoms with E-state index in [1.165, 1.54) is 12.1 Å². The molecule has 1 N–H and O–H groups in total. The van der Waals surface area contributed by atoms with Gasteiger partial charge in [0.05, 0.1) is 18.9 Å². The fraction of sp³-hybridized carbons (Fsp3) is 0.600. The number of aromatic nitrogens is 2. The maximum absolute atomic E-state index is 12.9. The van der Waals surface area contributed by atoms with Crippen LogP contribution >= 0.6 is 0 Å². The van der Waals surface area contributed by atoms with E-state index in [2.05, 4.69) is 50.0 Å². The van der Waals surface area contributed by atoms with Crippen LogP contribution < -0.4 is 15.4 Å². The van der Waals surface area contributed by atoms with Gasteiger partial charge in [-0.2, -0.15) is 0 Å². The van der Waals surface area contributed by atoms with E-state index in [1.54, 1.807) is 0 Å². The van der Waals surface area contributed by atoms with Crippen molar-refractivity contribution in [1.29, 1.82) is 0 Å². The highest BCUT2D eigenvalue weighted by atomic mass is 16.5. The average Bonchev–Trinajstić information content (AvgIpc) is 3.47. The van der Waals surface area contributed by atoms with Gasteiger partial charge in [-0.15, -0.1) is 0 Å². The number of benzene rings is 1. The Morgan fingerprint density at radius 2 is 1.75 bits per heavy atom. The third kappa shape index (κ3) is 3.52. The third-order valence-electron chi connectivity index (χ3n) is 8.23. The molecule has 3 fully saturated rings. The SMILES string of the molecule is O=c1[nH]c(N2CCOCC2)nc2c1CCC21CCN(C2CCN(c3ccccc3)C2)CC1. The number of anilines is 2. The number of nitrogens with one attached hydrogen (secondary N) is 1. The van der Waals surface area contributed by atoms with E-state index in [1.807, 2.05) is 0 Å². The molecule has 0 bridgehead atoms. The summed E-state index contributed by atoms with van der Waals surface area (Å²) in [6.45, 7) is 7.45. The van der Waals surface area contributed by atoms with Crippen LogP contribution in [0.25, 0.3) is 0 Å². The van der Waals surface area contributed by atoms with Crippen LogP contribution in [0.15, 0.2) is 35.1 Å². The molecule has 6 rings (SSSR count). The lowest BCUT2D eigenvalue weighted by molar-refractivity contribution is 0.119.